The molecule has 0 aliphatic carbocycles. The van der Waals surface area contributed by atoms with Gasteiger partial charge in [-0.2, -0.15) is 0 Å². The molecule has 0 aliphatic rings. The number of fused-ring (bicyclic) bond motifs is 2. The number of carbonyl (C=O) groups is 1. The van der Waals surface area contributed by atoms with Gasteiger partial charge in [-0.3, -0.25) is 4.79 Å². The van der Waals surface area contributed by atoms with E-state index in [2.05, 4.69) is 20.0 Å². The Morgan fingerprint density at radius 3 is 2.81 bits per heavy atom. The third-order valence-electron chi connectivity index (χ3n) is 4.59. The monoisotopic (exact) mass is 429 g/mol. The Hall–Kier alpha value is -3.75. The fourth-order valence-electron chi connectivity index (χ4n) is 3.30. The van der Waals surface area contributed by atoms with Crippen LogP contribution in [0.5, 0.6) is 11.5 Å². The Morgan fingerprint density at radius 2 is 2.03 bits per heavy atom. The molecule has 2 heterocycles. The third-order valence-corrected chi connectivity index (χ3v) is 4.59. The molecule has 2 aromatic carbocycles. The van der Waals surface area contributed by atoms with Crippen LogP contribution in [0.2, 0.25) is 0 Å². The second kappa shape index (κ2) is 8.17. The minimum Gasteiger partial charge on any atom is -0.492 e. The number of benzene rings is 2. The predicted molar refractivity (Wildman–Crippen MR) is 110 cm³/mol. The highest BCUT2D eigenvalue weighted by Gasteiger charge is 2.32. The molecule has 2 N–H and O–H groups in total. The van der Waals surface area contributed by atoms with Gasteiger partial charge in [0.25, 0.3) is 0 Å². The third kappa shape index (κ3) is 4.88. The summed E-state index contributed by atoms with van der Waals surface area (Å²) in [5.41, 5.74) is 2.73. The summed E-state index contributed by atoms with van der Waals surface area (Å²) in [6, 6.07) is 11.8. The normalized spacial score (nSPS) is 11.6. The highest BCUT2D eigenvalue weighted by Crippen LogP contribution is 2.31. The zero-order valence-corrected chi connectivity index (χ0v) is 16.4. The molecule has 0 bridgehead atoms. The lowest BCUT2D eigenvalue weighted by Crippen LogP contribution is -2.17. The standard InChI is InChI=1S/C22H18F3N3O3/c1-13(29)28-19-12-26-18-6-5-14(9-17(18)19)7-8-30-16-10-15-3-2-4-20(21(15)27-11-16)31-22(23,24)25/h2-6,9-12,26H,7-8H2,1H3,(H,28,29). The van der Waals surface area contributed by atoms with Crippen LogP contribution >= 0.6 is 0 Å². The van der Waals surface area contributed by atoms with Crippen LogP contribution in [0, 0.1) is 0 Å². The van der Waals surface area contributed by atoms with Gasteiger partial charge in [-0.15, -0.1) is 13.2 Å². The summed E-state index contributed by atoms with van der Waals surface area (Å²) < 4.78 is 47.4. The molecular formula is C22H18F3N3O3. The maximum atomic E-state index is 12.5. The fourth-order valence-corrected chi connectivity index (χ4v) is 3.30. The summed E-state index contributed by atoms with van der Waals surface area (Å²) in [7, 11) is 0. The van der Waals surface area contributed by atoms with Gasteiger partial charge in [-0.1, -0.05) is 18.2 Å². The van der Waals surface area contributed by atoms with E-state index in [0.29, 0.717) is 29.9 Å². The number of aromatic amines is 1. The zero-order chi connectivity index (χ0) is 22.0. The number of rotatable bonds is 6. The quantitative estimate of drug-likeness (QED) is 0.442. The topological polar surface area (TPSA) is 76.2 Å². The van der Waals surface area contributed by atoms with Crippen molar-refractivity contribution >= 4 is 33.4 Å². The van der Waals surface area contributed by atoms with E-state index in [0.717, 1.165) is 16.5 Å². The summed E-state index contributed by atoms with van der Waals surface area (Å²) in [5, 5.41) is 4.16. The van der Waals surface area contributed by atoms with Gasteiger partial charge >= 0.3 is 6.36 Å². The van der Waals surface area contributed by atoms with Crippen molar-refractivity contribution in [3.63, 3.8) is 0 Å². The van der Waals surface area contributed by atoms with E-state index in [1.54, 1.807) is 18.3 Å². The largest absolute Gasteiger partial charge is 0.573 e. The second-order valence-electron chi connectivity index (χ2n) is 6.91. The Bertz CT molecular complexity index is 1250. The van der Waals surface area contributed by atoms with Crippen molar-refractivity contribution in [1.29, 1.82) is 0 Å². The fraction of sp³-hybridized carbons (Fsp3) is 0.182. The molecule has 0 atom stereocenters. The molecule has 0 unspecified atom stereocenters. The van der Waals surface area contributed by atoms with Gasteiger partial charge in [-0.25, -0.2) is 4.98 Å². The average molecular weight is 429 g/mol. The number of nitrogens with one attached hydrogen (secondary N) is 2. The van der Waals surface area contributed by atoms with Crippen molar-refractivity contribution in [1.82, 2.24) is 9.97 Å². The van der Waals surface area contributed by atoms with E-state index in [4.69, 9.17) is 4.74 Å². The molecule has 0 saturated carbocycles. The molecule has 6 nitrogen and oxygen atoms in total. The first kappa shape index (κ1) is 20.5. The van der Waals surface area contributed by atoms with Crippen molar-refractivity contribution in [2.45, 2.75) is 19.7 Å². The number of H-pyrrole nitrogens is 1. The summed E-state index contributed by atoms with van der Waals surface area (Å²) >= 11 is 0. The maximum Gasteiger partial charge on any atom is 0.573 e. The number of hydrogen-bond donors (Lipinski definition) is 2. The molecule has 4 aromatic rings. The number of aromatic nitrogens is 2. The van der Waals surface area contributed by atoms with Gasteiger partial charge < -0.3 is 19.8 Å². The number of amides is 1. The smallest absolute Gasteiger partial charge is 0.492 e. The van der Waals surface area contributed by atoms with Crippen LogP contribution in [0.1, 0.15) is 12.5 Å². The van der Waals surface area contributed by atoms with Crippen molar-refractivity contribution in [3.05, 3.63) is 60.4 Å². The van der Waals surface area contributed by atoms with Crippen LogP contribution < -0.4 is 14.8 Å². The lowest BCUT2D eigenvalue weighted by molar-refractivity contribution is -0.274. The number of halogens is 3. The molecule has 2 aromatic heterocycles. The van der Waals surface area contributed by atoms with Crippen molar-refractivity contribution in [2.75, 3.05) is 11.9 Å². The average Bonchev–Trinajstić information content (AvgIpc) is 3.08. The van der Waals surface area contributed by atoms with E-state index in [1.807, 2.05) is 18.2 Å². The first-order valence-electron chi connectivity index (χ1n) is 9.43. The Morgan fingerprint density at radius 1 is 1.19 bits per heavy atom. The van der Waals surface area contributed by atoms with E-state index >= 15 is 0 Å². The van der Waals surface area contributed by atoms with Crippen LogP contribution in [0.4, 0.5) is 18.9 Å². The molecule has 0 saturated heterocycles. The van der Waals surface area contributed by atoms with Gasteiger partial charge in [0.15, 0.2) is 5.75 Å². The number of carbonyl (C=O) groups excluding carboxylic acids is 1. The van der Waals surface area contributed by atoms with E-state index in [1.165, 1.54) is 25.3 Å². The highest BCUT2D eigenvalue weighted by atomic mass is 19.4. The number of anilines is 1. The molecule has 31 heavy (non-hydrogen) atoms. The van der Waals surface area contributed by atoms with Crippen LogP contribution in [-0.2, 0) is 11.2 Å². The predicted octanol–water partition coefficient (Wildman–Crippen LogP) is 5.19. The lowest BCUT2D eigenvalue weighted by atomic mass is 10.1. The Balaban J connectivity index is 1.45. The molecule has 0 spiro atoms. The Kier molecular flexibility index (Phi) is 5.41. The summed E-state index contributed by atoms with van der Waals surface area (Å²) in [4.78, 5) is 18.5. The first-order valence-corrected chi connectivity index (χ1v) is 9.43. The minimum absolute atomic E-state index is 0.107. The highest BCUT2D eigenvalue weighted by molar-refractivity contribution is 6.01. The molecule has 0 aliphatic heterocycles. The number of ether oxygens (including phenoxy) is 2. The second-order valence-corrected chi connectivity index (χ2v) is 6.91. The first-order chi connectivity index (χ1) is 14.8. The zero-order valence-electron chi connectivity index (χ0n) is 16.4. The summed E-state index contributed by atoms with van der Waals surface area (Å²) in [5.74, 6) is -0.0631. The van der Waals surface area contributed by atoms with E-state index in [9.17, 15) is 18.0 Å². The van der Waals surface area contributed by atoms with Crippen molar-refractivity contribution < 1.29 is 27.4 Å². The molecular weight excluding hydrogens is 411 g/mol. The number of hydrogen-bond acceptors (Lipinski definition) is 4. The number of nitrogens with zero attached hydrogens (tertiary/aromatic N) is 1. The molecule has 9 heteroatoms. The molecule has 0 fully saturated rings. The van der Waals surface area contributed by atoms with Gasteiger partial charge in [0, 0.05) is 35.8 Å². The summed E-state index contributed by atoms with van der Waals surface area (Å²) in [6.45, 7) is 1.80. The molecule has 0 radical (unpaired) electrons. The SMILES string of the molecule is CC(=O)Nc1c[nH]c2ccc(CCOc3cnc4c(OC(F)(F)F)cccc4c3)cc12. The van der Waals surface area contributed by atoms with Crippen molar-refractivity contribution in [2.24, 2.45) is 0 Å². The van der Waals surface area contributed by atoms with Crippen LogP contribution in [0.3, 0.4) is 0 Å². The maximum absolute atomic E-state index is 12.5. The van der Waals surface area contributed by atoms with E-state index in [-0.39, 0.29) is 17.2 Å². The molecule has 1 amide bonds. The van der Waals surface area contributed by atoms with Gasteiger partial charge in [0.1, 0.15) is 11.3 Å². The Labute approximate surface area is 175 Å². The molecule has 4 rings (SSSR count). The summed E-state index contributed by atoms with van der Waals surface area (Å²) in [6.07, 6.45) is -1.08. The van der Waals surface area contributed by atoms with Gasteiger partial charge in [0.2, 0.25) is 5.91 Å². The number of para-hydroxylation sites is 1. The van der Waals surface area contributed by atoms with Crippen molar-refractivity contribution in [3.8, 4) is 11.5 Å². The van der Waals surface area contributed by atoms with E-state index < -0.39 is 6.36 Å². The number of pyridine rings is 1. The lowest BCUT2D eigenvalue weighted by Gasteiger charge is -2.12. The minimum atomic E-state index is -4.79. The van der Waals surface area contributed by atoms with Crippen LogP contribution in [0.25, 0.3) is 21.8 Å². The van der Waals surface area contributed by atoms with Crippen LogP contribution in [-0.4, -0.2) is 28.8 Å². The van der Waals surface area contributed by atoms with Crippen LogP contribution in [0.15, 0.2) is 54.9 Å². The van der Waals surface area contributed by atoms with Gasteiger partial charge in [-0.05, 0) is 29.8 Å². The number of alkyl halides is 3. The molecule has 160 valence electrons. The van der Waals surface area contributed by atoms with Gasteiger partial charge in [0.05, 0.1) is 18.5 Å².